The highest BCUT2D eigenvalue weighted by atomic mass is 79.9. The van der Waals surface area contributed by atoms with Gasteiger partial charge in [-0.25, -0.2) is 14.8 Å². The summed E-state index contributed by atoms with van der Waals surface area (Å²) in [5.41, 5.74) is 1.73. The van der Waals surface area contributed by atoms with Crippen LogP contribution >= 0.6 is 15.9 Å². The number of hydrogen-bond donors (Lipinski definition) is 2. The van der Waals surface area contributed by atoms with E-state index in [1.165, 1.54) is 0 Å². The van der Waals surface area contributed by atoms with Crippen LogP contribution in [0.5, 0.6) is 0 Å². The van der Waals surface area contributed by atoms with Gasteiger partial charge in [0.15, 0.2) is 5.82 Å². The van der Waals surface area contributed by atoms with E-state index in [4.69, 9.17) is 9.72 Å². The van der Waals surface area contributed by atoms with Crippen molar-refractivity contribution >= 4 is 33.4 Å². The second-order valence-corrected chi connectivity index (χ2v) is 8.00. The Balaban J connectivity index is 1.58. The van der Waals surface area contributed by atoms with Gasteiger partial charge in [0.25, 0.3) is 0 Å². The summed E-state index contributed by atoms with van der Waals surface area (Å²) in [5.74, 6) is 0.924. The molecule has 0 bridgehead atoms. The predicted molar refractivity (Wildman–Crippen MR) is 99.7 cm³/mol. The van der Waals surface area contributed by atoms with E-state index in [0.29, 0.717) is 6.61 Å². The first kappa shape index (κ1) is 17.5. The molecular formula is C17H22BrN5O3. The largest absolute Gasteiger partial charge is 0.465 e. The summed E-state index contributed by atoms with van der Waals surface area (Å²) in [4.78, 5) is 22.5. The van der Waals surface area contributed by atoms with Gasteiger partial charge < -0.3 is 20.1 Å². The van der Waals surface area contributed by atoms with Gasteiger partial charge in [0.1, 0.15) is 16.4 Å². The van der Waals surface area contributed by atoms with Crippen molar-refractivity contribution in [3.05, 3.63) is 22.8 Å². The quantitative estimate of drug-likeness (QED) is 0.770. The normalized spacial score (nSPS) is 25.1. The van der Waals surface area contributed by atoms with Crippen molar-refractivity contribution in [1.29, 1.82) is 0 Å². The maximum absolute atomic E-state index is 11.2. The number of hydrogen-bond acceptors (Lipinski definition) is 5. The van der Waals surface area contributed by atoms with E-state index in [2.05, 4.69) is 31.1 Å². The molecule has 26 heavy (non-hydrogen) atoms. The molecule has 9 heteroatoms. The van der Waals surface area contributed by atoms with Crippen LogP contribution in [0.2, 0.25) is 0 Å². The third-order valence-corrected chi connectivity index (χ3v) is 6.71. The minimum Gasteiger partial charge on any atom is -0.465 e. The highest BCUT2D eigenvalue weighted by Crippen LogP contribution is 2.43. The van der Waals surface area contributed by atoms with E-state index in [0.717, 1.165) is 47.6 Å². The molecule has 2 fully saturated rings. The topological polar surface area (TPSA) is 92.0 Å². The smallest absolute Gasteiger partial charge is 0.404 e. The lowest BCUT2D eigenvalue weighted by Gasteiger charge is -2.42. The number of anilines is 1. The fraction of sp³-hybridized carbons (Fsp3) is 0.588. The summed E-state index contributed by atoms with van der Waals surface area (Å²) in [6.07, 6.45) is 4.24. The summed E-state index contributed by atoms with van der Waals surface area (Å²) in [6, 6.07) is -0.170. The van der Waals surface area contributed by atoms with Crippen LogP contribution < -0.4 is 10.2 Å². The summed E-state index contributed by atoms with van der Waals surface area (Å²) >= 11 is 3.57. The van der Waals surface area contributed by atoms with Crippen molar-refractivity contribution in [2.45, 2.75) is 38.8 Å². The van der Waals surface area contributed by atoms with Gasteiger partial charge in [-0.05, 0) is 42.6 Å². The Kier molecular flexibility index (Phi) is 4.31. The Hall–Kier alpha value is -1.87. The van der Waals surface area contributed by atoms with Gasteiger partial charge in [0.2, 0.25) is 0 Å². The Morgan fingerprint density at radius 3 is 2.88 bits per heavy atom. The molecule has 0 unspecified atom stereocenters. The van der Waals surface area contributed by atoms with Gasteiger partial charge in [-0.3, -0.25) is 4.40 Å². The van der Waals surface area contributed by atoms with Gasteiger partial charge in [-0.2, -0.15) is 0 Å². The number of carbonyl (C=O) groups is 1. The maximum atomic E-state index is 11.2. The van der Waals surface area contributed by atoms with Gasteiger partial charge in [0, 0.05) is 18.5 Å². The van der Waals surface area contributed by atoms with E-state index in [9.17, 15) is 9.90 Å². The number of nitrogens with zero attached hydrogens (tertiary/aromatic N) is 4. The lowest BCUT2D eigenvalue weighted by atomic mass is 9.73. The molecule has 2 N–H and O–H groups in total. The van der Waals surface area contributed by atoms with Crippen molar-refractivity contribution in [1.82, 2.24) is 19.7 Å². The molecule has 2 aliphatic heterocycles. The van der Waals surface area contributed by atoms with E-state index in [-0.39, 0.29) is 17.6 Å². The van der Waals surface area contributed by atoms with Crippen LogP contribution in [0.1, 0.15) is 25.5 Å². The van der Waals surface area contributed by atoms with Crippen LogP contribution in [0.25, 0.3) is 5.52 Å². The molecule has 140 valence electrons. The molecule has 0 aliphatic carbocycles. The molecule has 4 rings (SSSR count). The number of aromatic nitrogens is 3. The number of carboxylic acid groups (broad SMARTS) is 1. The molecule has 0 radical (unpaired) electrons. The first-order valence-electron chi connectivity index (χ1n) is 8.75. The maximum Gasteiger partial charge on any atom is 0.404 e. The van der Waals surface area contributed by atoms with Gasteiger partial charge in [0.05, 0.1) is 30.6 Å². The average molecular weight is 424 g/mol. The molecule has 1 amide bonds. The lowest BCUT2D eigenvalue weighted by molar-refractivity contribution is 0.0971. The van der Waals surface area contributed by atoms with Crippen molar-refractivity contribution in [2.75, 3.05) is 24.6 Å². The van der Waals surface area contributed by atoms with Crippen molar-refractivity contribution < 1.29 is 14.6 Å². The monoisotopic (exact) mass is 423 g/mol. The van der Waals surface area contributed by atoms with E-state index >= 15 is 0 Å². The number of ether oxygens (including phenoxy) is 1. The number of piperidine rings is 1. The standard InChI is InChI=1S/C17H22BrN5O3/c1-10-14(18)23-9-19-7-12(23)15(20-10)22-5-3-17(4-6-22)8-26-11(2)13(17)21-16(24)25/h7,9,11,13,21H,3-6,8H2,1-2H3,(H,24,25)/t11-,13+/m0/s1. The number of fused-ring (bicyclic) bond motifs is 1. The minimum atomic E-state index is -0.986. The van der Waals surface area contributed by atoms with Crippen LogP contribution in [0, 0.1) is 12.3 Å². The van der Waals surface area contributed by atoms with E-state index < -0.39 is 6.09 Å². The number of halogens is 1. The average Bonchev–Trinajstić information content (AvgIpc) is 3.20. The van der Waals surface area contributed by atoms with Crippen molar-refractivity contribution in [2.24, 2.45) is 5.41 Å². The Bertz CT molecular complexity index is 846. The number of aryl methyl sites for hydroxylation is 1. The summed E-state index contributed by atoms with van der Waals surface area (Å²) in [7, 11) is 0. The molecule has 4 heterocycles. The number of imidazole rings is 1. The Morgan fingerprint density at radius 2 is 2.19 bits per heavy atom. The molecule has 0 aromatic carbocycles. The Morgan fingerprint density at radius 1 is 1.46 bits per heavy atom. The first-order valence-corrected chi connectivity index (χ1v) is 9.55. The van der Waals surface area contributed by atoms with Crippen molar-refractivity contribution in [3.8, 4) is 0 Å². The molecule has 2 aliphatic rings. The first-order chi connectivity index (χ1) is 12.4. The van der Waals surface area contributed by atoms with Crippen LogP contribution in [0.3, 0.4) is 0 Å². The molecular weight excluding hydrogens is 402 g/mol. The van der Waals surface area contributed by atoms with Crippen LogP contribution in [-0.2, 0) is 4.74 Å². The molecule has 2 saturated heterocycles. The number of nitrogens with one attached hydrogen (secondary N) is 1. The second kappa shape index (κ2) is 6.38. The van der Waals surface area contributed by atoms with Gasteiger partial charge in [-0.1, -0.05) is 0 Å². The fourth-order valence-electron chi connectivity index (χ4n) is 4.29. The third-order valence-electron chi connectivity index (χ3n) is 5.75. The summed E-state index contributed by atoms with van der Waals surface area (Å²) in [5, 5.41) is 11.9. The zero-order valence-corrected chi connectivity index (χ0v) is 16.4. The predicted octanol–water partition coefficient (Wildman–Crippen LogP) is 2.44. The zero-order chi connectivity index (χ0) is 18.5. The highest BCUT2D eigenvalue weighted by Gasteiger charge is 2.50. The molecule has 2 atom stereocenters. The van der Waals surface area contributed by atoms with Crippen molar-refractivity contribution in [3.63, 3.8) is 0 Å². The second-order valence-electron chi connectivity index (χ2n) is 7.25. The lowest BCUT2D eigenvalue weighted by Crippen LogP contribution is -2.54. The number of amides is 1. The van der Waals surface area contributed by atoms with E-state index in [1.807, 2.05) is 24.4 Å². The summed E-state index contributed by atoms with van der Waals surface area (Å²) < 4.78 is 8.72. The molecule has 0 saturated carbocycles. The summed E-state index contributed by atoms with van der Waals surface area (Å²) in [6.45, 7) is 6.13. The molecule has 2 aromatic rings. The van der Waals surface area contributed by atoms with Crippen LogP contribution in [0.15, 0.2) is 17.1 Å². The third kappa shape index (κ3) is 2.73. The van der Waals surface area contributed by atoms with Gasteiger partial charge >= 0.3 is 6.09 Å². The molecule has 1 spiro atoms. The van der Waals surface area contributed by atoms with Crippen LogP contribution in [0.4, 0.5) is 10.6 Å². The molecule has 8 nitrogen and oxygen atoms in total. The minimum absolute atomic E-state index is 0.104. The zero-order valence-electron chi connectivity index (χ0n) is 14.8. The Labute approximate surface area is 159 Å². The number of rotatable bonds is 2. The van der Waals surface area contributed by atoms with Gasteiger partial charge in [-0.15, -0.1) is 0 Å². The highest BCUT2D eigenvalue weighted by molar-refractivity contribution is 9.10. The molecule has 2 aromatic heterocycles. The SMILES string of the molecule is Cc1nc(N2CCC3(CC2)CO[C@@H](C)[C@H]3NC(=O)O)c2cncn2c1Br. The fourth-order valence-corrected chi connectivity index (χ4v) is 4.66. The van der Waals surface area contributed by atoms with Crippen LogP contribution in [-0.4, -0.2) is 57.4 Å². The van der Waals surface area contributed by atoms with E-state index in [1.54, 1.807) is 6.33 Å².